The number of ether oxygens (including phenoxy) is 1. The van der Waals surface area contributed by atoms with Crippen LogP contribution in [-0.2, 0) is 9.53 Å². The molecule has 4 rings (SSSR count). The van der Waals surface area contributed by atoms with Gasteiger partial charge in [0.2, 0.25) is 7.41 Å². The Bertz CT molecular complexity index is 1350. The highest BCUT2D eigenvalue weighted by Crippen LogP contribution is 2.24. The number of hydrogen-bond acceptors (Lipinski definition) is 6. The normalized spacial score (nSPS) is 12.6. The first-order valence-corrected chi connectivity index (χ1v) is 12.5. The highest BCUT2D eigenvalue weighted by Gasteiger charge is 2.28. The molecular weight excluding hydrogens is 471 g/mol. The fourth-order valence-electron chi connectivity index (χ4n) is 3.74. The average Bonchev–Trinajstić information content (AvgIpc) is 2.92. The average molecular weight is 503 g/mol. The minimum absolute atomic E-state index is 0.225. The topological polar surface area (TPSA) is 75.1 Å². The number of carbonyl (C=O) groups is 1. The van der Waals surface area contributed by atoms with E-state index in [1.54, 1.807) is 0 Å². The summed E-state index contributed by atoms with van der Waals surface area (Å²) in [6.45, 7) is 5.79. The fourth-order valence-corrected chi connectivity index (χ4v) is 3.74. The van der Waals surface area contributed by atoms with Crippen molar-refractivity contribution in [2.45, 2.75) is 27.1 Å². The molecule has 0 amide bonds. The van der Waals surface area contributed by atoms with Crippen molar-refractivity contribution in [1.82, 2.24) is 0 Å². The van der Waals surface area contributed by atoms with E-state index in [4.69, 9.17) is 9.73 Å². The molecule has 38 heavy (non-hydrogen) atoms. The zero-order valence-corrected chi connectivity index (χ0v) is 22.2. The van der Waals surface area contributed by atoms with Gasteiger partial charge in [-0.1, -0.05) is 17.7 Å². The molecule has 1 radical (unpaired) electrons. The van der Waals surface area contributed by atoms with E-state index in [9.17, 15) is 4.79 Å². The summed E-state index contributed by atoms with van der Waals surface area (Å²) in [7, 11) is 3.29. The molecule has 3 aromatic rings. The molecule has 0 fully saturated rings. The van der Waals surface area contributed by atoms with Gasteiger partial charge in [-0.2, -0.15) is 0 Å². The summed E-state index contributed by atoms with van der Waals surface area (Å²) in [6.07, 6.45) is 8.46. The molecule has 0 heterocycles. The van der Waals surface area contributed by atoms with Crippen molar-refractivity contribution in [2.24, 2.45) is 15.4 Å². The number of anilines is 3. The van der Waals surface area contributed by atoms with Gasteiger partial charge in [0, 0.05) is 17.1 Å². The second-order valence-corrected chi connectivity index (χ2v) is 9.75. The Kier molecular flexibility index (Phi) is 8.59. The van der Waals surface area contributed by atoms with Crippen LogP contribution < -0.4 is 10.5 Å². The largest absolute Gasteiger partial charge is 0.469 e. The van der Waals surface area contributed by atoms with E-state index in [1.807, 2.05) is 106 Å². The lowest BCUT2D eigenvalue weighted by molar-refractivity contribution is -0.149. The van der Waals surface area contributed by atoms with Crippen LogP contribution in [0.5, 0.6) is 0 Å². The second kappa shape index (κ2) is 12.2. The van der Waals surface area contributed by atoms with Crippen LogP contribution in [0.15, 0.2) is 107 Å². The molecule has 2 N–H and O–H groups in total. The van der Waals surface area contributed by atoms with Crippen molar-refractivity contribution in [3.63, 3.8) is 0 Å². The first kappa shape index (κ1) is 26.7. The molecule has 1 aliphatic rings. The second-order valence-electron chi connectivity index (χ2n) is 9.75. The van der Waals surface area contributed by atoms with E-state index in [0.29, 0.717) is 6.32 Å². The number of carbonyl (C=O) groups excluding carboxylic acids is 1. The predicted octanol–water partition coefficient (Wildman–Crippen LogP) is 7.36. The third-order valence-electron chi connectivity index (χ3n) is 6.06. The van der Waals surface area contributed by atoms with Gasteiger partial charge >= 0.3 is 5.97 Å². The number of aliphatic imine (C=N–C) groups is 2. The summed E-state index contributed by atoms with van der Waals surface area (Å²) in [5.41, 5.74) is 7.14. The summed E-state index contributed by atoms with van der Waals surface area (Å²) in [5.74, 6) is -0.225. The smallest absolute Gasteiger partial charge is 0.310 e. The van der Waals surface area contributed by atoms with Gasteiger partial charge in [-0.05, 0) is 112 Å². The lowest BCUT2D eigenvalue weighted by Crippen LogP contribution is -2.28. The maximum atomic E-state index is 11.8. The molecule has 191 valence electrons. The van der Waals surface area contributed by atoms with Gasteiger partial charge in [-0.25, -0.2) is 9.98 Å². The fraction of sp³-hybridized carbons (Fsp3) is 0.194. The molecule has 0 aliphatic heterocycles. The Morgan fingerprint density at radius 3 is 1.71 bits per heavy atom. The molecule has 0 unspecified atom stereocenters. The number of rotatable bonds is 9. The van der Waals surface area contributed by atoms with Crippen molar-refractivity contribution in [3.8, 4) is 0 Å². The minimum atomic E-state index is -0.567. The molecule has 1 aliphatic carbocycles. The van der Waals surface area contributed by atoms with Crippen molar-refractivity contribution in [3.05, 3.63) is 103 Å². The summed E-state index contributed by atoms with van der Waals surface area (Å²) < 4.78 is 4.85. The Morgan fingerprint density at radius 1 is 0.763 bits per heavy atom. The predicted molar refractivity (Wildman–Crippen MR) is 160 cm³/mol. The summed E-state index contributed by atoms with van der Waals surface area (Å²) in [6, 6.07) is 24.1. The van der Waals surface area contributed by atoms with E-state index in [0.717, 1.165) is 39.9 Å². The van der Waals surface area contributed by atoms with Gasteiger partial charge in [-0.15, -0.1) is 0 Å². The Hall–Kier alpha value is -4.39. The number of benzene rings is 3. The van der Waals surface area contributed by atoms with Crippen molar-refractivity contribution in [2.75, 3.05) is 17.7 Å². The van der Waals surface area contributed by atoms with Crippen LogP contribution in [0.3, 0.4) is 0 Å². The van der Waals surface area contributed by atoms with Gasteiger partial charge in [0.25, 0.3) is 0 Å². The molecule has 0 saturated carbocycles. The van der Waals surface area contributed by atoms with Crippen LogP contribution in [-0.4, -0.2) is 31.9 Å². The van der Waals surface area contributed by atoms with Crippen LogP contribution in [0.25, 0.3) is 0 Å². The van der Waals surface area contributed by atoms with Crippen molar-refractivity contribution >= 4 is 53.2 Å². The molecule has 0 saturated heterocycles. The number of nitrogens with zero attached hydrogens (tertiary/aromatic N) is 2. The van der Waals surface area contributed by atoms with E-state index in [1.165, 1.54) is 12.7 Å². The quantitative estimate of drug-likeness (QED) is 0.182. The maximum Gasteiger partial charge on any atom is 0.310 e. The number of nitrogens with one attached hydrogen (secondary N) is 2. The zero-order valence-electron chi connectivity index (χ0n) is 22.2. The lowest BCUT2D eigenvalue weighted by Gasteiger charge is -2.21. The number of esters is 1. The molecule has 0 spiro atoms. The molecular formula is C31H32BN4O2. The van der Waals surface area contributed by atoms with Gasteiger partial charge < -0.3 is 15.3 Å². The first-order valence-electron chi connectivity index (χ1n) is 12.5. The number of allylic oxidation sites excluding steroid dienone is 4. The first-order chi connectivity index (χ1) is 18.3. The van der Waals surface area contributed by atoms with Gasteiger partial charge in [0.05, 0.1) is 35.3 Å². The van der Waals surface area contributed by atoms with Crippen LogP contribution in [0.1, 0.15) is 19.4 Å². The van der Waals surface area contributed by atoms with Crippen LogP contribution in [0.2, 0.25) is 6.32 Å². The van der Waals surface area contributed by atoms with E-state index >= 15 is 0 Å². The van der Waals surface area contributed by atoms with Crippen LogP contribution in [0, 0.1) is 12.3 Å². The highest BCUT2D eigenvalue weighted by atomic mass is 16.5. The Balaban J connectivity index is 1.29. The molecule has 6 nitrogen and oxygen atoms in total. The van der Waals surface area contributed by atoms with Crippen LogP contribution in [0.4, 0.5) is 28.4 Å². The van der Waals surface area contributed by atoms with Gasteiger partial charge in [-0.3, -0.25) is 4.79 Å². The minimum Gasteiger partial charge on any atom is -0.469 e. The number of aryl methyl sites for hydroxylation is 1. The van der Waals surface area contributed by atoms with Gasteiger partial charge in [0.15, 0.2) is 0 Å². The Labute approximate surface area is 225 Å². The number of hydrogen-bond donors (Lipinski definition) is 2. The third-order valence-corrected chi connectivity index (χ3v) is 6.06. The van der Waals surface area contributed by atoms with E-state index in [2.05, 4.69) is 34.6 Å². The third kappa shape index (κ3) is 7.56. The summed E-state index contributed by atoms with van der Waals surface area (Å²) in [4.78, 5) is 21.2. The molecule has 0 bridgehead atoms. The molecule has 7 heteroatoms. The molecule has 0 aromatic heterocycles. The van der Waals surface area contributed by atoms with Crippen molar-refractivity contribution in [1.29, 1.82) is 0 Å². The summed E-state index contributed by atoms with van der Waals surface area (Å²) in [5, 5.41) is 6.65. The van der Waals surface area contributed by atoms with E-state index in [-0.39, 0.29) is 5.97 Å². The van der Waals surface area contributed by atoms with Gasteiger partial charge in [0.1, 0.15) is 0 Å². The summed E-state index contributed by atoms with van der Waals surface area (Å²) >= 11 is 0. The highest BCUT2D eigenvalue weighted by molar-refractivity contribution is 6.41. The molecule has 0 atom stereocenters. The lowest BCUT2D eigenvalue weighted by atomic mass is 9.72. The maximum absolute atomic E-state index is 11.8. The number of methoxy groups -OCH3 is 1. The Morgan fingerprint density at radius 2 is 1.21 bits per heavy atom. The van der Waals surface area contributed by atoms with Crippen molar-refractivity contribution < 1.29 is 9.53 Å². The van der Waals surface area contributed by atoms with E-state index < -0.39 is 5.41 Å². The standard InChI is InChI=1S/C31H32BN4O2/c1-22-5-7-23(8-6-22)33-24-9-11-25(12-10-24)34-26-13-15-27(16-14-26)35-28-17-19-29(20-18-28)36-32-21-31(2,3)30(37)38-4/h5-20,35-36H,21H2,1-4H3. The van der Waals surface area contributed by atoms with Crippen LogP contribution >= 0.6 is 0 Å². The monoisotopic (exact) mass is 503 g/mol. The molecule has 3 aromatic carbocycles. The zero-order chi connectivity index (χ0) is 27.0. The SMILES string of the molecule is COC(=O)C(C)(C)C[B]Nc1ccc(Nc2ccc(N=C3C=CC(=Nc4ccc(C)cc4)C=C3)cc2)cc1.